The Hall–Kier alpha value is -2.22. The van der Waals surface area contributed by atoms with Gasteiger partial charge in [0.25, 0.3) is 0 Å². The number of allylic oxidation sites excluding steroid dienone is 4. The molecule has 1 heterocycles. The predicted molar refractivity (Wildman–Crippen MR) is 104 cm³/mol. The summed E-state index contributed by atoms with van der Waals surface area (Å²) in [4.78, 5) is 36.5. The van der Waals surface area contributed by atoms with Gasteiger partial charge in [0.1, 0.15) is 0 Å². The zero-order chi connectivity index (χ0) is 22.4. The van der Waals surface area contributed by atoms with Crippen molar-refractivity contribution >= 4 is 17.9 Å². The Morgan fingerprint density at radius 1 is 1.26 bits per heavy atom. The molecular formula is C23H27FO7. The van der Waals surface area contributed by atoms with Crippen LogP contribution in [0, 0.1) is 22.7 Å². The number of cyclic esters (lactones) is 1. The Bertz CT molecular complexity index is 942. The Labute approximate surface area is 179 Å². The number of esters is 1. The lowest BCUT2D eigenvalue weighted by atomic mass is 9.44. The van der Waals surface area contributed by atoms with E-state index >= 15 is 4.39 Å². The molecule has 31 heavy (non-hydrogen) atoms. The van der Waals surface area contributed by atoms with Gasteiger partial charge >= 0.3 is 12.1 Å². The third-order valence-corrected chi connectivity index (χ3v) is 9.14. The topological polar surface area (TPSA) is 99.1 Å². The number of halogens is 1. The minimum Gasteiger partial charge on any atom is -0.466 e. The number of carbonyl (C=O) groups is 3. The van der Waals surface area contributed by atoms with E-state index in [1.54, 1.807) is 13.0 Å². The molecule has 8 atom stereocenters. The number of aliphatic hydroxyl groups excluding tert-OH is 1. The predicted octanol–water partition coefficient (Wildman–Crippen LogP) is 2.80. The average molecular weight is 434 g/mol. The summed E-state index contributed by atoms with van der Waals surface area (Å²) in [5.74, 6) is -1.65. The van der Waals surface area contributed by atoms with Gasteiger partial charge in [-0.05, 0) is 57.1 Å². The number of hydrogen-bond acceptors (Lipinski definition) is 7. The maximum absolute atomic E-state index is 17.1. The molecule has 7 nitrogen and oxygen atoms in total. The summed E-state index contributed by atoms with van der Waals surface area (Å²) < 4.78 is 32.8. The van der Waals surface area contributed by atoms with Gasteiger partial charge in [-0.1, -0.05) is 18.6 Å². The molecule has 4 fully saturated rings. The molecule has 8 heteroatoms. The highest BCUT2D eigenvalue weighted by Crippen LogP contribution is 2.71. The molecule has 3 saturated carbocycles. The summed E-state index contributed by atoms with van der Waals surface area (Å²) in [6.07, 6.45) is 2.77. The van der Waals surface area contributed by atoms with Gasteiger partial charge in [0.05, 0.1) is 13.2 Å². The minimum absolute atomic E-state index is 0.000538. The first-order chi connectivity index (χ1) is 14.5. The minimum atomic E-state index is -1.98. The number of fused-ring (bicyclic) bond motifs is 6. The van der Waals surface area contributed by atoms with Crippen molar-refractivity contribution in [3.63, 3.8) is 0 Å². The van der Waals surface area contributed by atoms with Gasteiger partial charge in [0, 0.05) is 16.7 Å². The normalized spacial score (nSPS) is 50.2. The van der Waals surface area contributed by atoms with Crippen molar-refractivity contribution in [2.45, 2.75) is 69.4 Å². The second-order valence-corrected chi connectivity index (χ2v) is 10.1. The van der Waals surface area contributed by atoms with Crippen molar-refractivity contribution in [3.05, 3.63) is 23.8 Å². The fourth-order valence-corrected chi connectivity index (χ4v) is 7.59. The molecule has 5 rings (SSSR count). The molecule has 0 radical (unpaired) electrons. The highest BCUT2D eigenvalue weighted by Gasteiger charge is 2.78. The second kappa shape index (κ2) is 6.18. The van der Waals surface area contributed by atoms with Crippen LogP contribution in [-0.4, -0.2) is 53.6 Å². The van der Waals surface area contributed by atoms with Crippen molar-refractivity contribution < 1.29 is 38.1 Å². The summed E-state index contributed by atoms with van der Waals surface area (Å²) in [6.45, 7) is 3.61. The van der Waals surface area contributed by atoms with Gasteiger partial charge in [-0.3, -0.25) is 4.79 Å². The van der Waals surface area contributed by atoms with Crippen LogP contribution in [0.5, 0.6) is 0 Å². The van der Waals surface area contributed by atoms with Gasteiger partial charge in [-0.15, -0.1) is 0 Å². The van der Waals surface area contributed by atoms with Crippen LogP contribution in [0.2, 0.25) is 0 Å². The van der Waals surface area contributed by atoms with E-state index in [-0.39, 0.29) is 18.1 Å². The summed E-state index contributed by atoms with van der Waals surface area (Å²) in [7, 11) is 1.21. The van der Waals surface area contributed by atoms with Crippen LogP contribution in [0.15, 0.2) is 23.8 Å². The van der Waals surface area contributed by atoms with Crippen LogP contribution in [0.3, 0.4) is 0 Å². The Morgan fingerprint density at radius 2 is 2.00 bits per heavy atom. The van der Waals surface area contributed by atoms with Crippen LogP contribution in [-0.2, 0) is 23.8 Å². The van der Waals surface area contributed by atoms with Crippen molar-refractivity contribution in [3.8, 4) is 0 Å². The third-order valence-electron chi connectivity index (χ3n) is 9.14. The van der Waals surface area contributed by atoms with E-state index < -0.39 is 52.4 Å². The fraction of sp³-hybridized carbons (Fsp3) is 0.696. The van der Waals surface area contributed by atoms with E-state index in [0.29, 0.717) is 31.3 Å². The van der Waals surface area contributed by atoms with Crippen LogP contribution >= 0.6 is 0 Å². The molecule has 0 aromatic carbocycles. The number of rotatable bonds is 1. The summed E-state index contributed by atoms with van der Waals surface area (Å²) in [6, 6.07) is 0. The highest BCUT2D eigenvalue weighted by molar-refractivity contribution is 6.01. The van der Waals surface area contributed by atoms with Crippen LogP contribution in [0.4, 0.5) is 9.18 Å². The Kier molecular flexibility index (Phi) is 4.12. The highest BCUT2D eigenvalue weighted by atomic mass is 19.1. The first-order valence-corrected chi connectivity index (χ1v) is 10.8. The van der Waals surface area contributed by atoms with Crippen molar-refractivity contribution in [1.82, 2.24) is 0 Å². The molecule has 4 aliphatic carbocycles. The average Bonchev–Trinajstić information content (AvgIpc) is 3.21. The lowest BCUT2D eigenvalue weighted by Crippen LogP contribution is -2.69. The van der Waals surface area contributed by atoms with Crippen molar-refractivity contribution in [2.24, 2.45) is 22.7 Å². The van der Waals surface area contributed by atoms with Gasteiger partial charge < -0.3 is 19.3 Å². The van der Waals surface area contributed by atoms with Crippen molar-refractivity contribution in [2.75, 3.05) is 7.11 Å². The molecule has 0 bridgehead atoms. The Balaban J connectivity index is 1.60. The summed E-state index contributed by atoms with van der Waals surface area (Å²) in [5.41, 5.74) is -4.54. The number of ether oxygens (including phenoxy) is 3. The lowest BCUT2D eigenvalue weighted by molar-refractivity contribution is -0.219. The van der Waals surface area contributed by atoms with Gasteiger partial charge in [-0.2, -0.15) is 0 Å². The van der Waals surface area contributed by atoms with Crippen LogP contribution < -0.4 is 0 Å². The first-order valence-electron chi connectivity index (χ1n) is 10.8. The number of ketones is 1. The molecule has 0 aromatic rings. The van der Waals surface area contributed by atoms with E-state index in [4.69, 9.17) is 14.2 Å². The number of hydrogen-bond donors (Lipinski definition) is 1. The monoisotopic (exact) mass is 434 g/mol. The quantitative estimate of drug-likeness (QED) is 0.634. The SMILES string of the molecule is COC(=O)[C@@H]1OC(=O)O[C@@]12CC[C@H]1[C@@H]3CCC4=CC(=O)C=C[C@]4(C)[C@@]3(F)[C@@H](O)C[C@@]12C. The van der Waals surface area contributed by atoms with Crippen LogP contribution in [0.1, 0.15) is 46.0 Å². The third kappa shape index (κ3) is 2.24. The standard InChI is InChI=1S/C23H27FO7/c1-20-8-6-13(25)10-12(20)4-5-15-14-7-9-22(17(18(27)29-3)30-19(28)31-22)21(14,2)11-16(26)23(15,20)24/h6,8,10,14-17,26H,4-5,7,9,11H2,1-3H3/t14-,15-,16-,17-,20-,21-,22-,23-/m0/s1. The van der Waals surface area contributed by atoms with E-state index in [2.05, 4.69) is 0 Å². The number of methoxy groups -OCH3 is 1. The lowest BCUT2D eigenvalue weighted by Gasteiger charge is -2.62. The molecule has 0 aromatic heterocycles. The van der Waals surface area contributed by atoms with E-state index in [9.17, 15) is 19.5 Å². The molecular weight excluding hydrogens is 407 g/mol. The maximum Gasteiger partial charge on any atom is 0.510 e. The molecule has 0 amide bonds. The molecule has 1 N–H and O–H groups in total. The van der Waals surface area contributed by atoms with E-state index in [1.165, 1.54) is 19.3 Å². The van der Waals surface area contributed by atoms with Crippen LogP contribution in [0.25, 0.3) is 0 Å². The summed E-state index contributed by atoms with van der Waals surface area (Å²) in [5, 5.41) is 11.3. The smallest absolute Gasteiger partial charge is 0.466 e. The largest absolute Gasteiger partial charge is 0.510 e. The zero-order valence-electron chi connectivity index (χ0n) is 17.9. The first kappa shape index (κ1) is 20.7. The van der Waals surface area contributed by atoms with Gasteiger partial charge in [0.15, 0.2) is 17.1 Å². The molecule has 1 aliphatic heterocycles. The number of alkyl halides is 1. The molecule has 1 spiro atoms. The zero-order valence-corrected chi connectivity index (χ0v) is 17.9. The molecule has 5 aliphatic rings. The second-order valence-electron chi connectivity index (χ2n) is 10.1. The van der Waals surface area contributed by atoms with E-state index in [0.717, 1.165) is 0 Å². The molecule has 0 unspecified atom stereocenters. The molecule has 1 saturated heterocycles. The molecule has 168 valence electrons. The number of carbonyl (C=O) groups excluding carboxylic acids is 3. The van der Waals surface area contributed by atoms with E-state index in [1.807, 2.05) is 6.92 Å². The van der Waals surface area contributed by atoms with Gasteiger partial charge in [0.2, 0.25) is 6.10 Å². The number of aliphatic hydroxyl groups is 1. The summed E-state index contributed by atoms with van der Waals surface area (Å²) >= 11 is 0. The maximum atomic E-state index is 17.1. The Morgan fingerprint density at radius 3 is 2.71 bits per heavy atom. The fourth-order valence-electron chi connectivity index (χ4n) is 7.59. The van der Waals surface area contributed by atoms with Gasteiger partial charge in [-0.25, -0.2) is 14.0 Å². The van der Waals surface area contributed by atoms with Crippen molar-refractivity contribution in [1.29, 1.82) is 0 Å².